The minimum Gasteiger partial charge on any atom is -0.393 e. The average molecular weight is 198 g/mol. The first kappa shape index (κ1) is 12.0. The molecule has 0 aromatic rings. The van der Waals surface area contributed by atoms with E-state index in [1.54, 1.807) is 0 Å². The molecule has 0 saturated heterocycles. The van der Waals surface area contributed by atoms with Gasteiger partial charge in [-0.05, 0) is 36.5 Å². The Morgan fingerprint density at radius 3 is 1.86 bits per heavy atom. The van der Waals surface area contributed by atoms with E-state index in [1.807, 2.05) is 0 Å². The van der Waals surface area contributed by atoms with E-state index in [9.17, 15) is 5.11 Å². The van der Waals surface area contributed by atoms with E-state index >= 15 is 0 Å². The average Bonchev–Trinajstić information content (AvgIpc) is 2.16. The summed E-state index contributed by atoms with van der Waals surface area (Å²) in [5, 5.41) is 10.2. The fourth-order valence-electron chi connectivity index (χ4n) is 2.93. The molecular formula is C13H26O. The van der Waals surface area contributed by atoms with E-state index in [1.165, 1.54) is 25.7 Å². The van der Waals surface area contributed by atoms with Gasteiger partial charge in [-0.25, -0.2) is 0 Å². The Morgan fingerprint density at radius 2 is 1.43 bits per heavy atom. The third-order valence-electron chi connectivity index (χ3n) is 3.85. The van der Waals surface area contributed by atoms with Gasteiger partial charge in [-0.15, -0.1) is 0 Å². The molecule has 1 heteroatoms. The van der Waals surface area contributed by atoms with Crippen LogP contribution >= 0.6 is 0 Å². The van der Waals surface area contributed by atoms with Crippen LogP contribution in [0.2, 0.25) is 0 Å². The molecule has 0 heterocycles. The van der Waals surface area contributed by atoms with Crippen molar-refractivity contribution in [2.24, 2.45) is 23.7 Å². The van der Waals surface area contributed by atoms with Crippen molar-refractivity contribution in [2.75, 3.05) is 0 Å². The first-order valence-electron chi connectivity index (χ1n) is 6.22. The molecule has 1 rings (SSSR count). The number of aliphatic hydroxyl groups excluding tert-OH is 1. The molecular weight excluding hydrogens is 172 g/mol. The van der Waals surface area contributed by atoms with E-state index < -0.39 is 0 Å². The summed E-state index contributed by atoms with van der Waals surface area (Å²) >= 11 is 0. The number of hydrogen-bond acceptors (Lipinski definition) is 1. The van der Waals surface area contributed by atoms with Gasteiger partial charge in [0.1, 0.15) is 0 Å². The SMILES string of the molecule is CC(C)C(O)C1CCCCC1C(C)C. The van der Waals surface area contributed by atoms with Gasteiger partial charge in [0.25, 0.3) is 0 Å². The maximum Gasteiger partial charge on any atom is 0.0594 e. The highest BCUT2D eigenvalue weighted by Crippen LogP contribution is 2.38. The summed E-state index contributed by atoms with van der Waals surface area (Å²) in [6, 6.07) is 0. The van der Waals surface area contributed by atoms with E-state index in [0.29, 0.717) is 11.8 Å². The van der Waals surface area contributed by atoms with Crippen LogP contribution in [-0.4, -0.2) is 11.2 Å². The third-order valence-corrected chi connectivity index (χ3v) is 3.85. The van der Waals surface area contributed by atoms with Crippen molar-refractivity contribution in [3.63, 3.8) is 0 Å². The lowest BCUT2D eigenvalue weighted by atomic mass is 9.69. The molecule has 1 aliphatic rings. The first-order valence-corrected chi connectivity index (χ1v) is 6.22. The molecule has 0 bridgehead atoms. The van der Waals surface area contributed by atoms with Gasteiger partial charge in [0.2, 0.25) is 0 Å². The highest BCUT2D eigenvalue weighted by atomic mass is 16.3. The number of hydrogen-bond donors (Lipinski definition) is 1. The minimum atomic E-state index is -0.0808. The molecule has 0 radical (unpaired) electrons. The van der Waals surface area contributed by atoms with Crippen LogP contribution in [0.3, 0.4) is 0 Å². The standard InChI is InChI=1S/C13H26O/c1-9(2)11-7-5-6-8-12(11)13(14)10(3)4/h9-14H,5-8H2,1-4H3. The van der Waals surface area contributed by atoms with Gasteiger partial charge in [0.05, 0.1) is 6.10 Å². The van der Waals surface area contributed by atoms with Crippen molar-refractivity contribution in [1.29, 1.82) is 0 Å². The van der Waals surface area contributed by atoms with Gasteiger partial charge in [-0.2, -0.15) is 0 Å². The van der Waals surface area contributed by atoms with Crippen LogP contribution in [0.1, 0.15) is 53.4 Å². The van der Waals surface area contributed by atoms with Gasteiger partial charge < -0.3 is 5.11 Å². The summed E-state index contributed by atoms with van der Waals surface area (Å²) in [4.78, 5) is 0. The van der Waals surface area contributed by atoms with Crippen LogP contribution in [0.15, 0.2) is 0 Å². The van der Waals surface area contributed by atoms with E-state index in [-0.39, 0.29) is 6.10 Å². The molecule has 0 spiro atoms. The fourth-order valence-corrected chi connectivity index (χ4v) is 2.93. The Bertz CT molecular complexity index is 163. The van der Waals surface area contributed by atoms with Crippen LogP contribution in [0.25, 0.3) is 0 Å². The largest absolute Gasteiger partial charge is 0.393 e. The summed E-state index contributed by atoms with van der Waals surface area (Å²) in [6.45, 7) is 8.87. The van der Waals surface area contributed by atoms with Gasteiger partial charge in [0, 0.05) is 0 Å². The topological polar surface area (TPSA) is 20.2 Å². The van der Waals surface area contributed by atoms with Gasteiger partial charge in [-0.3, -0.25) is 0 Å². The quantitative estimate of drug-likeness (QED) is 0.736. The van der Waals surface area contributed by atoms with Gasteiger partial charge in [0.15, 0.2) is 0 Å². The molecule has 0 amide bonds. The van der Waals surface area contributed by atoms with E-state index in [0.717, 1.165) is 11.8 Å². The highest BCUT2D eigenvalue weighted by Gasteiger charge is 2.33. The maximum atomic E-state index is 10.2. The Kier molecular flexibility index (Phi) is 4.43. The van der Waals surface area contributed by atoms with Crippen molar-refractivity contribution >= 4 is 0 Å². The molecule has 0 aliphatic heterocycles. The second-order valence-electron chi connectivity index (χ2n) is 5.59. The summed E-state index contributed by atoms with van der Waals surface area (Å²) < 4.78 is 0. The van der Waals surface area contributed by atoms with Crippen molar-refractivity contribution in [3.05, 3.63) is 0 Å². The fraction of sp³-hybridized carbons (Fsp3) is 1.00. The predicted octanol–water partition coefficient (Wildman–Crippen LogP) is 3.47. The lowest BCUT2D eigenvalue weighted by Crippen LogP contribution is -2.36. The van der Waals surface area contributed by atoms with E-state index in [4.69, 9.17) is 0 Å². The lowest BCUT2D eigenvalue weighted by molar-refractivity contribution is 0.00156. The number of aliphatic hydroxyl groups is 1. The molecule has 84 valence electrons. The molecule has 0 aromatic heterocycles. The lowest BCUT2D eigenvalue weighted by Gasteiger charge is -2.38. The predicted molar refractivity (Wildman–Crippen MR) is 61.1 cm³/mol. The Hall–Kier alpha value is -0.0400. The molecule has 1 aliphatic carbocycles. The Balaban J connectivity index is 2.62. The van der Waals surface area contributed by atoms with Crippen LogP contribution < -0.4 is 0 Å². The summed E-state index contributed by atoms with van der Waals surface area (Å²) in [5.41, 5.74) is 0. The zero-order valence-electron chi connectivity index (χ0n) is 10.2. The van der Waals surface area contributed by atoms with Gasteiger partial charge in [-0.1, -0.05) is 40.5 Å². The first-order chi connectivity index (χ1) is 6.54. The molecule has 1 nitrogen and oxygen atoms in total. The van der Waals surface area contributed by atoms with Crippen LogP contribution in [-0.2, 0) is 0 Å². The molecule has 3 atom stereocenters. The molecule has 1 saturated carbocycles. The summed E-state index contributed by atoms with van der Waals surface area (Å²) in [6.07, 6.45) is 5.17. The van der Waals surface area contributed by atoms with Gasteiger partial charge >= 0.3 is 0 Å². The van der Waals surface area contributed by atoms with Crippen LogP contribution in [0.4, 0.5) is 0 Å². The summed E-state index contributed by atoms with van der Waals surface area (Å²) in [5.74, 6) is 2.46. The highest BCUT2D eigenvalue weighted by molar-refractivity contribution is 4.83. The second-order valence-corrected chi connectivity index (χ2v) is 5.59. The minimum absolute atomic E-state index is 0.0808. The van der Waals surface area contributed by atoms with Crippen LogP contribution in [0.5, 0.6) is 0 Å². The Labute approximate surface area is 88.9 Å². The number of rotatable bonds is 3. The van der Waals surface area contributed by atoms with Crippen molar-refractivity contribution in [3.8, 4) is 0 Å². The zero-order chi connectivity index (χ0) is 10.7. The summed E-state index contributed by atoms with van der Waals surface area (Å²) in [7, 11) is 0. The third kappa shape index (κ3) is 2.73. The maximum absolute atomic E-state index is 10.2. The Morgan fingerprint density at radius 1 is 0.929 bits per heavy atom. The monoisotopic (exact) mass is 198 g/mol. The van der Waals surface area contributed by atoms with Crippen molar-refractivity contribution in [1.82, 2.24) is 0 Å². The molecule has 14 heavy (non-hydrogen) atoms. The normalized spacial score (nSPS) is 31.1. The van der Waals surface area contributed by atoms with Crippen molar-refractivity contribution < 1.29 is 5.11 Å². The van der Waals surface area contributed by atoms with E-state index in [2.05, 4.69) is 27.7 Å². The van der Waals surface area contributed by atoms with Crippen LogP contribution in [0, 0.1) is 23.7 Å². The second kappa shape index (κ2) is 5.16. The van der Waals surface area contributed by atoms with Crippen molar-refractivity contribution in [2.45, 2.75) is 59.5 Å². The smallest absolute Gasteiger partial charge is 0.0594 e. The molecule has 0 aromatic carbocycles. The zero-order valence-corrected chi connectivity index (χ0v) is 10.2. The molecule has 3 unspecified atom stereocenters. The molecule has 1 fully saturated rings. The molecule has 1 N–H and O–H groups in total.